The first-order valence-corrected chi connectivity index (χ1v) is 6.79. The fourth-order valence-electron chi connectivity index (χ4n) is 1.72. The van der Waals surface area contributed by atoms with Gasteiger partial charge >= 0.3 is 0 Å². The van der Waals surface area contributed by atoms with Crippen LogP contribution in [0.25, 0.3) is 0 Å². The summed E-state index contributed by atoms with van der Waals surface area (Å²) in [6.45, 7) is 1.42. The molecule has 0 spiro atoms. The molecule has 2 N–H and O–H groups in total. The largest absolute Gasteiger partial charge is 0.496 e. The maximum Gasteiger partial charge on any atom is 0.168 e. The van der Waals surface area contributed by atoms with E-state index in [0.29, 0.717) is 6.54 Å². The molecule has 1 aromatic carbocycles. The molecule has 5 heteroatoms. The number of nitrogens with two attached hydrogens (primary N) is 1. The molecular formula is C13H17N3OS. The number of rotatable bonds is 6. The predicted octanol–water partition coefficient (Wildman–Crippen LogP) is 1.99. The average Bonchev–Trinajstić information content (AvgIpc) is 2.84. The molecule has 0 amide bonds. The van der Waals surface area contributed by atoms with E-state index in [1.54, 1.807) is 18.9 Å². The molecule has 0 aliphatic carbocycles. The molecule has 18 heavy (non-hydrogen) atoms. The summed E-state index contributed by atoms with van der Waals surface area (Å²) in [5.41, 5.74) is 6.66. The maximum atomic E-state index is 5.52. The van der Waals surface area contributed by atoms with Crippen LogP contribution in [0.15, 0.2) is 41.8 Å². The molecule has 0 fully saturated rings. The molecule has 1 aromatic heterocycles. The molecular weight excluding hydrogens is 246 g/mol. The number of aromatic nitrogens is 2. The summed E-state index contributed by atoms with van der Waals surface area (Å²) < 4.78 is 7.46. The third-order valence-electron chi connectivity index (χ3n) is 2.56. The molecule has 1 heterocycles. The van der Waals surface area contributed by atoms with Crippen LogP contribution >= 0.6 is 11.8 Å². The number of benzene rings is 1. The Morgan fingerprint density at radius 1 is 1.39 bits per heavy atom. The minimum Gasteiger partial charge on any atom is -0.496 e. The summed E-state index contributed by atoms with van der Waals surface area (Å²) >= 11 is 1.67. The van der Waals surface area contributed by atoms with Crippen molar-refractivity contribution < 1.29 is 4.74 Å². The Morgan fingerprint density at radius 2 is 2.22 bits per heavy atom. The van der Waals surface area contributed by atoms with Crippen molar-refractivity contribution in [2.75, 3.05) is 19.4 Å². The van der Waals surface area contributed by atoms with Crippen LogP contribution in [0.5, 0.6) is 5.75 Å². The topological polar surface area (TPSA) is 53.1 Å². The standard InChI is InChI=1S/C13H17N3OS/c1-17-12-5-3-2-4-11(12)10-16-8-7-15-13(16)18-9-6-14/h2-5,7-8H,6,9-10,14H2,1H3. The number of imidazole rings is 1. The quantitative estimate of drug-likeness (QED) is 0.810. The number of para-hydroxylation sites is 1. The molecule has 0 bridgehead atoms. The monoisotopic (exact) mass is 263 g/mol. The third kappa shape index (κ3) is 3.05. The molecule has 4 nitrogen and oxygen atoms in total. The van der Waals surface area contributed by atoms with Crippen molar-refractivity contribution in [2.24, 2.45) is 5.73 Å². The van der Waals surface area contributed by atoms with Crippen LogP contribution in [0.1, 0.15) is 5.56 Å². The van der Waals surface area contributed by atoms with Gasteiger partial charge in [-0.3, -0.25) is 0 Å². The predicted molar refractivity (Wildman–Crippen MR) is 74.1 cm³/mol. The first-order chi connectivity index (χ1) is 8.85. The Balaban J connectivity index is 2.15. The summed E-state index contributed by atoms with van der Waals surface area (Å²) in [4.78, 5) is 4.33. The number of hydrogen-bond donors (Lipinski definition) is 1. The highest BCUT2D eigenvalue weighted by molar-refractivity contribution is 7.99. The Hall–Kier alpha value is -1.46. The lowest BCUT2D eigenvalue weighted by molar-refractivity contribution is 0.407. The molecule has 0 aliphatic rings. The van der Waals surface area contributed by atoms with Crippen LogP contribution in [0.4, 0.5) is 0 Å². The zero-order chi connectivity index (χ0) is 12.8. The number of methoxy groups -OCH3 is 1. The molecule has 0 radical (unpaired) electrons. The molecule has 2 rings (SSSR count). The Labute approximate surface area is 111 Å². The second kappa shape index (κ2) is 6.47. The highest BCUT2D eigenvalue weighted by Gasteiger charge is 2.07. The first kappa shape index (κ1) is 13.0. The first-order valence-electron chi connectivity index (χ1n) is 5.81. The average molecular weight is 263 g/mol. The zero-order valence-corrected chi connectivity index (χ0v) is 11.2. The van der Waals surface area contributed by atoms with Crippen molar-refractivity contribution in [1.82, 2.24) is 9.55 Å². The van der Waals surface area contributed by atoms with Crippen LogP contribution < -0.4 is 10.5 Å². The fraction of sp³-hybridized carbons (Fsp3) is 0.308. The van der Waals surface area contributed by atoms with E-state index in [1.165, 1.54) is 0 Å². The molecule has 2 aromatic rings. The molecule has 0 atom stereocenters. The van der Waals surface area contributed by atoms with Crippen molar-refractivity contribution in [2.45, 2.75) is 11.7 Å². The van der Waals surface area contributed by atoms with Gasteiger partial charge in [0.1, 0.15) is 5.75 Å². The normalized spacial score (nSPS) is 10.6. The Kier molecular flexibility index (Phi) is 4.66. The Morgan fingerprint density at radius 3 is 3.00 bits per heavy atom. The highest BCUT2D eigenvalue weighted by atomic mass is 32.2. The number of ether oxygens (including phenoxy) is 1. The summed E-state index contributed by atoms with van der Waals surface area (Å²) in [6, 6.07) is 8.02. The molecule has 96 valence electrons. The van der Waals surface area contributed by atoms with Gasteiger partial charge < -0.3 is 15.0 Å². The molecule has 0 unspecified atom stereocenters. The van der Waals surface area contributed by atoms with Crippen LogP contribution in [0, 0.1) is 0 Å². The van der Waals surface area contributed by atoms with E-state index in [0.717, 1.165) is 28.8 Å². The molecule has 0 aliphatic heterocycles. The van der Waals surface area contributed by atoms with E-state index < -0.39 is 0 Å². The second-order valence-corrected chi connectivity index (χ2v) is 4.85. The van der Waals surface area contributed by atoms with E-state index in [1.807, 2.05) is 30.6 Å². The van der Waals surface area contributed by atoms with E-state index >= 15 is 0 Å². The number of thioether (sulfide) groups is 1. The van der Waals surface area contributed by atoms with Crippen LogP contribution in [-0.4, -0.2) is 29.0 Å². The van der Waals surface area contributed by atoms with Gasteiger partial charge in [0, 0.05) is 30.3 Å². The van der Waals surface area contributed by atoms with E-state index in [4.69, 9.17) is 10.5 Å². The SMILES string of the molecule is COc1ccccc1Cn1ccnc1SCCN. The maximum absolute atomic E-state index is 5.52. The van der Waals surface area contributed by atoms with Crippen molar-refractivity contribution in [3.05, 3.63) is 42.2 Å². The van der Waals surface area contributed by atoms with Gasteiger partial charge in [0.25, 0.3) is 0 Å². The van der Waals surface area contributed by atoms with Gasteiger partial charge in [-0.05, 0) is 6.07 Å². The summed E-state index contributed by atoms with van der Waals surface area (Å²) in [5.74, 6) is 1.78. The smallest absolute Gasteiger partial charge is 0.168 e. The van der Waals surface area contributed by atoms with E-state index in [-0.39, 0.29) is 0 Å². The molecule has 0 saturated carbocycles. The van der Waals surface area contributed by atoms with E-state index in [2.05, 4.69) is 15.6 Å². The van der Waals surface area contributed by atoms with Gasteiger partial charge in [-0.15, -0.1) is 0 Å². The minimum atomic E-state index is 0.659. The van der Waals surface area contributed by atoms with Crippen LogP contribution in [-0.2, 0) is 6.54 Å². The minimum absolute atomic E-state index is 0.659. The van der Waals surface area contributed by atoms with Gasteiger partial charge in [0.15, 0.2) is 5.16 Å². The fourth-order valence-corrected chi connectivity index (χ4v) is 2.45. The van der Waals surface area contributed by atoms with Crippen molar-refractivity contribution in [3.63, 3.8) is 0 Å². The van der Waals surface area contributed by atoms with Gasteiger partial charge in [-0.25, -0.2) is 4.98 Å². The Bertz CT molecular complexity index is 498. The lowest BCUT2D eigenvalue weighted by atomic mass is 10.2. The van der Waals surface area contributed by atoms with Gasteiger partial charge in [-0.2, -0.15) is 0 Å². The highest BCUT2D eigenvalue weighted by Crippen LogP contribution is 2.21. The summed E-state index contributed by atoms with van der Waals surface area (Å²) in [5, 5.41) is 0.992. The van der Waals surface area contributed by atoms with Crippen molar-refractivity contribution in [3.8, 4) is 5.75 Å². The summed E-state index contributed by atoms with van der Waals surface area (Å²) in [7, 11) is 1.69. The van der Waals surface area contributed by atoms with Crippen molar-refractivity contribution in [1.29, 1.82) is 0 Å². The van der Waals surface area contributed by atoms with Gasteiger partial charge in [0.2, 0.25) is 0 Å². The number of nitrogens with zero attached hydrogens (tertiary/aromatic N) is 2. The lowest BCUT2D eigenvalue weighted by Crippen LogP contribution is -2.05. The van der Waals surface area contributed by atoms with Gasteiger partial charge in [0.05, 0.1) is 13.7 Å². The van der Waals surface area contributed by atoms with Crippen LogP contribution in [0.3, 0.4) is 0 Å². The lowest BCUT2D eigenvalue weighted by Gasteiger charge is -2.10. The van der Waals surface area contributed by atoms with Crippen molar-refractivity contribution >= 4 is 11.8 Å². The van der Waals surface area contributed by atoms with Crippen LogP contribution in [0.2, 0.25) is 0 Å². The van der Waals surface area contributed by atoms with E-state index in [9.17, 15) is 0 Å². The second-order valence-electron chi connectivity index (χ2n) is 3.79. The zero-order valence-electron chi connectivity index (χ0n) is 10.4. The number of hydrogen-bond acceptors (Lipinski definition) is 4. The van der Waals surface area contributed by atoms with Gasteiger partial charge in [-0.1, -0.05) is 30.0 Å². The summed E-state index contributed by atoms with van der Waals surface area (Å²) in [6.07, 6.45) is 3.79. The molecule has 0 saturated heterocycles. The third-order valence-corrected chi connectivity index (χ3v) is 3.60.